The summed E-state index contributed by atoms with van der Waals surface area (Å²) in [6, 6.07) is 12.3. The van der Waals surface area contributed by atoms with Crippen molar-refractivity contribution in [1.29, 1.82) is 0 Å². The van der Waals surface area contributed by atoms with E-state index in [1.54, 1.807) is 24.0 Å². The Morgan fingerprint density at radius 1 is 1.17 bits per heavy atom. The van der Waals surface area contributed by atoms with Crippen molar-refractivity contribution < 1.29 is 13.9 Å². The molecule has 0 aromatic heterocycles. The molecule has 2 aromatic carbocycles. The Bertz CT molecular complexity index is 716. The number of benzene rings is 2. The molecule has 1 heterocycles. The number of fused-ring (bicyclic) bond motifs is 1. The van der Waals surface area contributed by atoms with Crippen molar-refractivity contribution in [3.05, 3.63) is 65.0 Å². The van der Waals surface area contributed by atoms with Gasteiger partial charge in [0.25, 0.3) is 0 Å². The van der Waals surface area contributed by atoms with E-state index in [1.807, 2.05) is 12.1 Å². The van der Waals surface area contributed by atoms with Crippen LogP contribution in [0.5, 0.6) is 5.75 Å². The van der Waals surface area contributed by atoms with Gasteiger partial charge in [-0.2, -0.15) is 0 Å². The van der Waals surface area contributed by atoms with E-state index in [4.69, 9.17) is 4.74 Å². The first-order valence-corrected chi connectivity index (χ1v) is 8.07. The number of amides is 1. The van der Waals surface area contributed by atoms with Crippen LogP contribution in [0.25, 0.3) is 0 Å². The lowest BCUT2D eigenvalue weighted by molar-refractivity contribution is -0.130. The van der Waals surface area contributed by atoms with Crippen LogP contribution in [0, 0.1) is 5.82 Å². The highest BCUT2D eigenvalue weighted by Crippen LogP contribution is 2.23. The summed E-state index contributed by atoms with van der Waals surface area (Å²) in [5, 5.41) is 3.31. The van der Waals surface area contributed by atoms with Crippen molar-refractivity contribution >= 4 is 5.91 Å². The molecule has 3 rings (SSSR count). The number of nitrogens with zero attached hydrogens (tertiary/aromatic N) is 1. The lowest BCUT2D eigenvalue weighted by Gasteiger charge is -2.22. The van der Waals surface area contributed by atoms with Crippen LogP contribution in [0.3, 0.4) is 0 Å². The molecule has 0 atom stereocenters. The highest BCUT2D eigenvalue weighted by molar-refractivity contribution is 5.73. The highest BCUT2D eigenvalue weighted by Gasteiger charge is 2.13. The van der Waals surface area contributed by atoms with Crippen LogP contribution in [0.15, 0.2) is 42.5 Å². The van der Waals surface area contributed by atoms with E-state index in [2.05, 4.69) is 11.4 Å². The number of hydrogen-bond donors (Lipinski definition) is 1. The normalized spacial score (nSPS) is 13.6. The topological polar surface area (TPSA) is 41.6 Å². The molecule has 2 aromatic rings. The van der Waals surface area contributed by atoms with Crippen LogP contribution in [-0.4, -0.2) is 24.0 Å². The maximum absolute atomic E-state index is 13.0. The second kappa shape index (κ2) is 7.45. The Balaban J connectivity index is 1.74. The SMILES string of the molecule is CC(=O)N(Cc1ccc(F)cc1)Cc1ccc2c(c1)CNCCO2. The molecule has 0 fully saturated rings. The number of carbonyl (C=O) groups is 1. The summed E-state index contributed by atoms with van der Waals surface area (Å²) in [5.74, 6) is 0.617. The Kier molecular flexibility index (Phi) is 5.11. The van der Waals surface area contributed by atoms with Crippen molar-refractivity contribution in [3.63, 3.8) is 0 Å². The summed E-state index contributed by atoms with van der Waals surface area (Å²) in [5.41, 5.74) is 3.07. The summed E-state index contributed by atoms with van der Waals surface area (Å²) in [7, 11) is 0. The van der Waals surface area contributed by atoms with Crippen LogP contribution in [0.2, 0.25) is 0 Å². The Labute approximate surface area is 141 Å². The third kappa shape index (κ3) is 4.11. The molecule has 1 aliphatic heterocycles. The molecule has 1 aliphatic rings. The van der Waals surface area contributed by atoms with Gasteiger partial charge in [-0.05, 0) is 35.4 Å². The molecular formula is C19H21FN2O2. The van der Waals surface area contributed by atoms with E-state index < -0.39 is 0 Å². The zero-order valence-corrected chi connectivity index (χ0v) is 13.7. The second-order valence-electron chi connectivity index (χ2n) is 5.97. The van der Waals surface area contributed by atoms with Crippen LogP contribution in [0.1, 0.15) is 23.6 Å². The van der Waals surface area contributed by atoms with Crippen molar-refractivity contribution in [2.75, 3.05) is 13.2 Å². The Morgan fingerprint density at radius 3 is 2.62 bits per heavy atom. The lowest BCUT2D eigenvalue weighted by atomic mass is 10.1. The molecule has 0 aliphatic carbocycles. The van der Waals surface area contributed by atoms with E-state index in [0.29, 0.717) is 19.7 Å². The van der Waals surface area contributed by atoms with Crippen LogP contribution < -0.4 is 10.1 Å². The summed E-state index contributed by atoms with van der Waals surface area (Å²) in [4.78, 5) is 13.7. The standard InChI is InChI=1S/C19H21FN2O2/c1-14(23)22(12-15-2-5-18(20)6-3-15)13-16-4-7-19-17(10-16)11-21-8-9-24-19/h2-7,10,21H,8-9,11-13H2,1H3. The van der Waals surface area contributed by atoms with Crippen molar-refractivity contribution in [3.8, 4) is 5.75 Å². The van der Waals surface area contributed by atoms with Gasteiger partial charge in [0.2, 0.25) is 5.91 Å². The van der Waals surface area contributed by atoms with Gasteiger partial charge in [0, 0.05) is 38.7 Å². The predicted octanol–water partition coefficient (Wildman–Crippen LogP) is 2.86. The van der Waals surface area contributed by atoms with Crippen LogP contribution in [-0.2, 0) is 24.4 Å². The number of hydrogen-bond acceptors (Lipinski definition) is 3. The Morgan fingerprint density at radius 2 is 1.88 bits per heavy atom. The van der Waals surface area contributed by atoms with Gasteiger partial charge in [0.1, 0.15) is 18.2 Å². The minimum absolute atomic E-state index is 0.0105. The number of rotatable bonds is 4. The van der Waals surface area contributed by atoms with E-state index in [1.165, 1.54) is 12.1 Å². The second-order valence-corrected chi connectivity index (χ2v) is 5.97. The first-order valence-electron chi connectivity index (χ1n) is 8.07. The van der Waals surface area contributed by atoms with Crippen molar-refractivity contribution in [2.24, 2.45) is 0 Å². The molecule has 24 heavy (non-hydrogen) atoms. The summed E-state index contributed by atoms with van der Waals surface area (Å²) < 4.78 is 18.7. The fourth-order valence-electron chi connectivity index (χ4n) is 2.78. The molecule has 0 bridgehead atoms. The molecule has 1 amide bonds. The number of ether oxygens (including phenoxy) is 1. The van der Waals surface area contributed by atoms with Crippen LogP contribution in [0.4, 0.5) is 4.39 Å². The van der Waals surface area contributed by atoms with Gasteiger partial charge in [-0.25, -0.2) is 4.39 Å². The quantitative estimate of drug-likeness (QED) is 0.938. The van der Waals surface area contributed by atoms with Gasteiger partial charge in [-0.1, -0.05) is 18.2 Å². The zero-order chi connectivity index (χ0) is 16.9. The molecule has 0 spiro atoms. The van der Waals surface area contributed by atoms with Gasteiger partial charge in [0.15, 0.2) is 0 Å². The van der Waals surface area contributed by atoms with Gasteiger partial charge < -0.3 is 15.0 Å². The van der Waals surface area contributed by atoms with Gasteiger partial charge in [-0.15, -0.1) is 0 Å². The number of carbonyl (C=O) groups excluding carboxylic acids is 1. The monoisotopic (exact) mass is 328 g/mol. The van der Waals surface area contributed by atoms with Gasteiger partial charge >= 0.3 is 0 Å². The zero-order valence-electron chi connectivity index (χ0n) is 13.7. The first-order chi connectivity index (χ1) is 11.6. The first kappa shape index (κ1) is 16.5. The van der Waals surface area contributed by atoms with E-state index in [9.17, 15) is 9.18 Å². The molecule has 0 saturated carbocycles. The molecule has 126 valence electrons. The average molecular weight is 328 g/mol. The minimum Gasteiger partial charge on any atom is -0.492 e. The third-order valence-corrected chi connectivity index (χ3v) is 4.08. The number of halogens is 1. The molecule has 0 unspecified atom stereocenters. The molecule has 0 saturated heterocycles. The van der Waals surface area contributed by atoms with Crippen molar-refractivity contribution in [2.45, 2.75) is 26.6 Å². The van der Waals surface area contributed by atoms with E-state index in [-0.39, 0.29) is 11.7 Å². The largest absolute Gasteiger partial charge is 0.492 e. The van der Waals surface area contributed by atoms with E-state index in [0.717, 1.165) is 35.5 Å². The van der Waals surface area contributed by atoms with Crippen molar-refractivity contribution in [1.82, 2.24) is 10.2 Å². The summed E-state index contributed by atoms with van der Waals surface area (Å²) in [6.45, 7) is 4.78. The minimum atomic E-state index is -0.272. The number of nitrogens with one attached hydrogen (secondary N) is 1. The molecule has 1 N–H and O–H groups in total. The predicted molar refractivity (Wildman–Crippen MR) is 90.0 cm³/mol. The molecule has 4 nitrogen and oxygen atoms in total. The fraction of sp³-hybridized carbons (Fsp3) is 0.316. The lowest BCUT2D eigenvalue weighted by Crippen LogP contribution is -2.27. The van der Waals surface area contributed by atoms with E-state index >= 15 is 0 Å². The Hall–Kier alpha value is -2.40. The molecular weight excluding hydrogens is 307 g/mol. The maximum atomic E-state index is 13.0. The van der Waals surface area contributed by atoms with Gasteiger partial charge in [-0.3, -0.25) is 4.79 Å². The van der Waals surface area contributed by atoms with Crippen LogP contribution >= 0.6 is 0 Å². The average Bonchev–Trinajstić information content (AvgIpc) is 2.81. The molecule has 5 heteroatoms. The highest BCUT2D eigenvalue weighted by atomic mass is 19.1. The maximum Gasteiger partial charge on any atom is 0.220 e. The summed E-state index contributed by atoms with van der Waals surface area (Å²) in [6.07, 6.45) is 0. The third-order valence-electron chi connectivity index (χ3n) is 4.08. The van der Waals surface area contributed by atoms with Gasteiger partial charge in [0.05, 0.1) is 0 Å². The molecule has 0 radical (unpaired) electrons. The fourth-order valence-corrected chi connectivity index (χ4v) is 2.78. The smallest absolute Gasteiger partial charge is 0.220 e. The summed E-state index contributed by atoms with van der Waals surface area (Å²) >= 11 is 0.